The standard InChI is InChI=1S/C19H20ClFN2O3/c1-11-8-9-23(13-3-5-14(24)6-4-13)19(26)17(11)18(25)22-16-7-2-12(20)10-15(16)21/h2,7-10,13-14,24H,3-6H2,1H3,(H,22,25). The molecule has 0 radical (unpaired) electrons. The van der Waals surface area contributed by atoms with Crippen molar-refractivity contribution >= 4 is 23.2 Å². The number of hydrogen-bond acceptors (Lipinski definition) is 3. The minimum absolute atomic E-state index is 0.00651. The van der Waals surface area contributed by atoms with Crippen LogP contribution in [-0.4, -0.2) is 21.7 Å². The van der Waals surface area contributed by atoms with Crippen molar-refractivity contribution in [1.82, 2.24) is 4.57 Å². The summed E-state index contributed by atoms with van der Waals surface area (Å²) < 4.78 is 15.5. The highest BCUT2D eigenvalue weighted by atomic mass is 35.5. The molecule has 1 aliphatic carbocycles. The normalized spacial score (nSPS) is 20.0. The number of aromatic nitrogens is 1. The number of nitrogens with zero attached hydrogens (tertiary/aromatic N) is 1. The van der Waals surface area contributed by atoms with E-state index in [4.69, 9.17) is 11.6 Å². The number of benzene rings is 1. The summed E-state index contributed by atoms with van der Waals surface area (Å²) in [5.74, 6) is -1.32. The number of anilines is 1. The third-order valence-electron chi connectivity index (χ3n) is 4.79. The fourth-order valence-electron chi connectivity index (χ4n) is 3.32. The quantitative estimate of drug-likeness (QED) is 0.855. The van der Waals surface area contributed by atoms with E-state index < -0.39 is 17.3 Å². The molecule has 3 rings (SSSR count). The predicted molar refractivity (Wildman–Crippen MR) is 98.3 cm³/mol. The molecule has 0 bridgehead atoms. The molecule has 7 heteroatoms. The molecule has 2 N–H and O–H groups in total. The number of amides is 1. The molecule has 1 saturated carbocycles. The van der Waals surface area contributed by atoms with Crippen LogP contribution in [0.4, 0.5) is 10.1 Å². The lowest BCUT2D eigenvalue weighted by molar-refractivity contribution is 0.101. The summed E-state index contributed by atoms with van der Waals surface area (Å²) in [5.41, 5.74) is 0.0783. The van der Waals surface area contributed by atoms with E-state index in [1.807, 2.05) is 0 Å². The summed E-state index contributed by atoms with van der Waals surface area (Å²) in [6.07, 6.45) is 3.96. The zero-order valence-electron chi connectivity index (χ0n) is 14.3. The Morgan fingerprint density at radius 3 is 2.62 bits per heavy atom. The van der Waals surface area contributed by atoms with Gasteiger partial charge in [0.2, 0.25) is 0 Å². The zero-order chi connectivity index (χ0) is 18.8. The van der Waals surface area contributed by atoms with E-state index in [0.717, 1.165) is 6.07 Å². The van der Waals surface area contributed by atoms with Crippen molar-refractivity contribution in [2.45, 2.75) is 44.8 Å². The van der Waals surface area contributed by atoms with Crippen LogP contribution in [0.5, 0.6) is 0 Å². The molecule has 1 aromatic carbocycles. The van der Waals surface area contributed by atoms with Crippen molar-refractivity contribution in [2.24, 2.45) is 0 Å². The molecule has 1 aliphatic rings. The van der Waals surface area contributed by atoms with E-state index in [2.05, 4.69) is 5.32 Å². The van der Waals surface area contributed by atoms with Crippen LogP contribution in [0.15, 0.2) is 35.3 Å². The third kappa shape index (κ3) is 3.81. The summed E-state index contributed by atoms with van der Waals surface area (Å²) in [6, 6.07) is 5.57. The molecule has 1 amide bonds. The number of carbonyl (C=O) groups excluding carboxylic acids is 1. The molecule has 26 heavy (non-hydrogen) atoms. The minimum Gasteiger partial charge on any atom is -0.393 e. The Labute approximate surface area is 155 Å². The maximum atomic E-state index is 13.9. The summed E-state index contributed by atoms with van der Waals surface area (Å²) >= 11 is 5.71. The van der Waals surface area contributed by atoms with Crippen LogP contribution in [0.2, 0.25) is 5.02 Å². The predicted octanol–water partition coefficient (Wildman–Crippen LogP) is 3.68. The molecule has 2 aromatic rings. The van der Waals surface area contributed by atoms with Crippen LogP contribution in [0.25, 0.3) is 0 Å². The number of rotatable bonds is 3. The first-order valence-corrected chi connectivity index (χ1v) is 8.91. The monoisotopic (exact) mass is 378 g/mol. The maximum absolute atomic E-state index is 13.9. The number of nitrogens with one attached hydrogen (secondary N) is 1. The average Bonchev–Trinajstić information content (AvgIpc) is 2.59. The summed E-state index contributed by atoms with van der Waals surface area (Å²) in [4.78, 5) is 25.5. The largest absolute Gasteiger partial charge is 0.393 e. The lowest BCUT2D eigenvalue weighted by Gasteiger charge is -2.27. The molecule has 138 valence electrons. The van der Waals surface area contributed by atoms with E-state index in [0.29, 0.717) is 31.2 Å². The lowest BCUT2D eigenvalue weighted by Crippen LogP contribution is -2.34. The minimum atomic E-state index is -0.666. The van der Waals surface area contributed by atoms with Gasteiger partial charge in [-0.15, -0.1) is 0 Å². The van der Waals surface area contributed by atoms with Gasteiger partial charge in [0.05, 0.1) is 11.8 Å². The topological polar surface area (TPSA) is 71.3 Å². The van der Waals surface area contributed by atoms with Gasteiger partial charge in [0.25, 0.3) is 11.5 Å². The van der Waals surface area contributed by atoms with Crippen molar-refractivity contribution in [3.05, 3.63) is 62.8 Å². The average molecular weight is 379 g/mol. The fraction of sp³-hybridized carbons (Fsp3) is 0.368. The van der Waals surface area contributed by atoms with E-state index in [1.54, 1.807) is 23.8 Å². The zero-order valence-corrected chi connectivity index (χ0v) is 15.1. The Morgan fingerprint density at radius 1 is 1.27 bits per heavy atom. The van der Waals surface area contributed by atoms with Crippen molar-refractivity contribution in [1.29, 1.82) is 0 Å². The van der Waals surface area contributed by atoms with Gasteiger partial charge in [-0.3, -0.25) is 9.59 Å². The fourth-order valence-corrected chi connectivity index (χ4v) is 3.48. The number of aliphatic hydroxyl groups excluding tert-OH is 1. The Kier molecular flexibility index (Phi) is 5.44. The molecule has 0 unspecified atom stereocenters. The molecule has 0 atom stereocenters. The van der Waals surface area contributed by atoms with Crippen LogP contribution in [-0.2, 0) is 0 Å². The first-order valence-electron chi connectivity index (χ1n) is 8.53. The van der Waals surface area contributed by atoms with Crippen LogP contribution < -0.4 is 10.9 Å². The first kappa shape index (κ1) is 18.6. The second-order valence-corrected chi connectivity index (χ2v) is 7.06. The number of aryl methyl sites for hydroxylation is 1. The SMILES string of the molecule is Cc1ccn(C2CCC(O)CC2)c(=O)c1C(=O)Nc1ccc(Cl)cc1F. The Bertz CT molecular complexity index is 889. The number of hydrogen-bond donors (Lipinski definition) is 2. The van der Waals surface area contributed by atoms with Crippen molar-refractivity contribution in [3.8, 4) is 0 Å². The van der Waals surface area contributed by atoms with Crippen LogP contribution in [0.1, 0.15) is 47.6 Å². The Hall–Kier alpha value is -2.18. The van der Waals surface area contributed by atoms with Gasteiger partial charge in [0.15, 0.2) is 0 Å². The second kappa shape index (κ2) is 7.60. The molecule has 0 aliphatic heterocycles. The molecule has 0 spiro atoms. The van der Waals surface area contributed by atoms with Crippen LogP contribution >= 0.6 is 11.6 Å². The van der Waals surface area contributed by atoms with E-state index in [-0.39, 0.29) is 28.4 Å². The molecule has 5 nitrogen and oxygen atoms in total. The molecular formula is C19H20ClFN2O3. The molecule has 1 aromatic heterocycles. The van der Waals surface area contributed by atoms with Crippen LogP contribution in [0, 0.1) is 12.7 Å². The number of halogens is 2. The second-order valence-electron chi connectivity index (χ2n) is 6.63. The van der Waals surface area contributed by atoms with Gasteiger partial charge in [0.1, 0.15) is 11.4 Å². The highest BCUT2D eigenvalue weighted by molar-refractivity contribution is 6.30. The van der Waals surface area contributed by atoms with Gasteiger partial charge in [-0.25, -0.2) is 4.39 Å². The highest BCUT2D eigenvalue weighted by Gasteiger charge is 2.24. The number of carbonyl (C=O) groups is 1. The van der Waals surface area contributed by atoms with Crippen molar-refractivity contribution in [3.63, 3.8) is 0 Å². The van der Waals surface area contributed by atoms with Gasteiger partial charge in [-0.05, 0) is 62.4 Å². The van der Waals surface area contributed by atoms with Crippen molar-refractivity contribution < 1.29 is 14.3 Å². The highest BCUT2D eigenvalue weighted by Crippen LogP contribution is 2.27. The molecule has 1 fully saturated rings. The first-order chi connectivity index (χ1) is 12.4. The maximum Gasteiger partial charge on any atom is 0.263 e. The van der Waals surface area contributed by atoms with Gasteiger partial charge >= 0.3 is 0 Å². The Morgan fingerprint density at radius 2 is 1.96 bits per heavy atom. The molecule has 0 saturated heterocycles. The third-order valence-corrected chi connectivity index (χ3v) is 5.03. The van der Waals surface area contributed by atoms with E-state index >= 15 is 0 Å². The van der Waals surface area contributed by atoms with E-state index in [1.165, 1.54) is 12.1 Å². The molecule has 1 heterocycles. The molecular weight excluding hydrogens is 359 g/mol. The summed E-state index contributed by atoms with van der Waals surface area (Å²) in [5, 5.41) is 12.3. The van der Waals surface area contributed by atoms with Gasteiger partial charge in [0, 0.05) is 17.3 Å². The van der Waals surface area contributed by atoms with Gasteiger partial charge in [-0.2, -0.15) is 0 Å². The summed E-state index contributed by atoms with van der Waals surface area (Å²) in [6.45, 7) is 1.67. The van der Waals surface area contributed by atoms with Crippen LogP contribution in [0.3, 0.4) is 0 Å². The number of aliphatic hydroxyl groups is 1. The summed E-state index contributed by atoms with van der Waals surface area (Å²) in [7, 11) is 0. The van der Waals surface area contributed by atoms with Gasteiger partial charge < -0.3 is 15.0 Å². The van der Waals surface area contributed by atoms with Crippen molar-refractivity contribution in [2.75, 3.05) is 5.32 Å². The lowest BCUT2D eigenvalue weighted by atomic mass is 9.92. The smallest absolute Gasteiger partial charge is 0.263 e. The Balaban J connectivity index is 1.90. The number of pyridine rings is 1. The van der Waals surface area contributed by atoms with E-state index in [9.17, 15) is 19.1 Å². The van der Waals surface area contributed by atoms with Gasteiger partial charge in [-0.1, -0.05) is 11.6 Å².